The van der Waals surface area contributed by atoms with Crippen molar-refractivity contribution in [2.75, 3.05) is 37.7 Å². The lowest BCUT2D eigenvalue weighted by Gasteiger charge is -2.28. The molecular weight excluding hydrogens is 256 g/mol. The highest BCUT2D eigenvalue weighted by molar-refractivity contribution is 5.76. The van der Waals surface area contributed by atoms with E-state index >= 15 is 0 Å². The Balaban J connectivity index is 1.73. The number of carbonyl (C=O) groups excluding carboxylic acids is 1. The van der Waals surface area contributed by atoms with Crippen LogP contribution >= 0.6 is 0 Å². The van der Waals surface area contributed by atoms with Crippen molar-refractivity contribution in [3.63, 3.8) is 0 Å². The zero-order valence-corrected chi connectivity index (χ0v) is 11.5. The van der Waals surface area contributed by atoms with Gasteiger partial charge in [-0.2, -0.15) is 0 Å². The van der Waals surface area contributed by atoms with E-state index in [0.29, 0.717) is 19.1 Å². The summed E-state index contributed by atoms with van der Waals surface area (Å²) in [6, 6.07) is 5.69. The van der Waals surface area contributed by atoms with Gasteiger partial charge in [0.05, 0.1) is 0 Å². The molecule has 2 heterocycles. The van der Waals surface area contributed by atoms with Gasteiger partial charge < -0.3 is 19.7 Å². The van der Waals surface area contributed by atoms with Crippen LogP contribution in [-0.2, 0) is 4.79 Å². The number of carbonyl (C=O) groups is 1. The van der Waals surface area contributed by atoms with E-state index in [9.17, 15) is 4.79 Å². The fraction of sp³-hybridized carbons (Fsp3) is 0.533. The van der Waals surface area contributed by atoms with Crippen LogP contribution in [0.3, 0.4) is 0 Å². The van der Waals surface area contributed by atoms with Crippen molar-refractivity contribution in [3.8, 4) is 11.5 Å². The fourth-order valence-corrected chi connectivity index (χ4v) is 2.76. The van der Waals surface area contributed by atoms with Gasteiger partial charge in [-0.05, 0) is 44.0 Å². The predicted octanol–water partition coefficient (Wildman–Crippen LogP) is 1.42. The molecule has 5 nitrogen and oxygen atoms in total. The molecule has 0 saturated carbocycles. The van der Waals surface area contributed by atoms with E-state index in [1.165, 1.54) is 0 Å². The number of amides is 1. The Morgan fingerprint density at radius 2 is 1.95 bits per heavy atom. The molecule has 2 aliphatic rings. The predicted molar refractivity (Wildman–Crippen MR) is 76.4 cm³/mol. The summed E-state index contributed by atoms with van der Waals surface area (Å²) in [5.74, 6) is 2.05. The van der Waals surface area contributed by atoms with Crippen LogP contribution in [0.25, 0.3) is 0 Å². The molecule has 0 aliphatic carbocycles. The van der Waals surface area contributed by atoms with Crippen molar-refractivity contribution in [2.24, 2.45) is 5.92 Å². The molecule has 0 atom stereocenters. The van der Waals surface area contributed by atoms with Gasteiger partial charge in [0.15, 0.2) is 11.5 Å². The second-order valence-corrected chi connectivity index (χ2v) is 5.28. The summed E-state index contributed by atoms with van der Waals surface area (Å²) in [6.45, 7) is 3.99. The smallest absolute Gasteiger partial charge is 0.214 e. The maximum Gasteiger partial charge on any atom is 0.214 e. The Bertz CT molecular complexity index is 472. The fourth-order valence-electron chi connectivity index (χ4n) is 2.76. The van der Waals surface area contributed by atoms with Crippen LogP contribution in [0.5, 0.6) is 11.5 Å². The highest BCUT2D eigenvalue weighted by Gasteiger charge is 2.19. The van der Waals surface area contributed by atoms with Crippen LogP contribution in [0, 0.1) is 5.92 Å². The van der Waals surface area contributed by atoms with Gasteiger partial charge in [-0.3, -0.25) is 4.79 Å². The summed E-state index contributed by atoms with van der Waals surface area (Å²) in [7, 11) is 0. The normalized spacial score (nSPS) is 18.6. The minimum Gasteiger partial charge on any atom is -0.486 e. The molecule has 0 bridgehead atoms. The van der Waals surface area contributed by atoms with Crippen LogP contribution in [0.15, 0.2) is 18.2 Å². The first kappa shape index (κ1) is 13.2. The van der Waals surface area contributed by atoms with E-state index in [4.69, 9.17) is 9.47 Å². The topological polar surface area (TPSA) is 50.8 Å². The molecule has 1 saturated heterocycles. The highest BCUT2D eigenvalue weighted by Crippen LogP contribution is 2.34. The molecule has 0 radical (unpaired) electrons. The van der Waals surface area contributed by atoms with Crippen LogP contribution in [0.1, 0.15) is 12.8 Å². The van der Waals surface area contributed by atoms with Crippen LogP contribution in [0.4, 0.5) is 5.69 Å². The quantitative estimate of drug-likeness (QED) is 0.845. The van der Waals surface area contributed by atoms with Crippen molar-refractivity contribution < 1.29 is 14.3 Å². The van der Waals surface area contributed by atoms with Crippen LogP contribution < -0.4 is 19.7 Å². The molecule has 20 heavy (non-hydrogen) atoms. The number of fused-ring (bicyclic) bond motifs is 1. The number of rotatable bonds is 4. The van der Waals surface area contributed by atoms with E-state index in [-0.39, 0.29) is 0 Å². The van der Waals surface area contributed by atoms with Crippen molar-refractivity contribution in [2.45, 2.75) is 12.8 Å². The molecular formula is C15H20N2O3. The minimum absolute atomic E-state index is 0.561. The lowest BCUT2D eigenvalue weighted by atomic mass is 9.97. The Labute approximate surface area is 118 Å². The minimum atomic E-state index is 0.561. The van der Waals surface area contributed by atoms with Crippen molar-refractivity contribution >= 4 is 12.1 Å². The van der Waals surface area contributed by atoms with Gasteiger partial charge in [0.1, 0.15) is 13.2 Å². The number of hydrogen-bond acceptors (Lipinski definition) is 4. The third-order valence-electron chi connectivity index (χ3n) is 3.90. The van der Waals surface area contributed by atoms with Gasteiger partial charge in [-0.15, -0.1) is 0 Å². The molecule has 1 fully saturated rings. The third-order valence-corrected chi connectivity index (χ3v) is 3.90. The van der Waals surface area contributed by atoms with E-state index < -0.39 is 0 Å². The number of benzene rings is 1. The second-order valence-electron chi connectivity index (χ2n) is 5.28. The van der Waals surface area contributed by atoms with Gasteiger partial charge in [-0.1, -0.05) is 0 Å². The molecule has 3 rings (SSSR count). The zero-order chi connectivity index (χ0) is 13.8. The molecule has 1 aromatic rings. The Kier molecular flexibility index (Phi) is 4.06. The van der Waals surface area contributed by atoms with Gasteiger partial charge >= 0.3 is 0 Å². The number of hydrogen-bond donors (Lipinski definition) is 1. The highest BCUT2D eigenvalue weighted by atomic mass is 16.6. The summed E-state index contributed by atoms with van der Waals surface area (Å²) in [4.78, 5) is 13.2. The van der Waals surface area contributed by atoms with Gasteiger partial charge in [0.2, 0.25) is 6.41 Å². The Morgan fingerprint density at radius 1 is 1.20 bits per heavy atom. The molecule has 108 valence electrons. The lowest BCUT2D eigenvalue weighted by molar-refractivity contribution is -0.107. The zero-order valence-electron chi connectivity index (χ0n) is 11.5. The molecule has 0 spiro atoms. The molecule has 2 aliphatic heterocycles. The molecule has 1 amide bonds. The van der Waals surface area contributed by atoms with Crippen molar-refractivity contribution in [1.29, 1.82) is 0 Å². The average Bonchev–Trinajstić information content (AvgIpc) is 2.53. The SMILES string of the molecule is O=CN(CC1CCNCC1)c1ccc2c(c1)OCCO2. The number of nitrogens with zero attached hydrogens (tertiary/aromatic N) is 1. The first-order chi connectivity index (χ1) is 9.86. The lowest BCUT2D eigenvalue weighted by Crippen LogP contribution is -2.35. The van der Waals surface area contributed by atoms with Crippen LogP contribution in [0.2, 0.25) is 0 Å². The van der Waals surface area contributed by atoms with E-state index in [0.717, 1.165) is 56.1 Å². The summed E-state index contributed by atoms with van der Waals surface area (Å²) < 4.78 is 11.1. The Morgan fingerprint density at radius 3 is 2.70 bits per heavy atom. The molecule has 0 aromatic heterocycles. The average molecular weight is 276 g/mol. The molecule has 1 aromatic carbocycles. The standard InChI is InChI=1S/C15H20N2O3/c18-11-17(10-12-3-5-16-6-4-12)13-1-2-14-15(9-13)20-8-7-19-14/h1-2,9,11-12,16H,3-8,10H2. The largest absolute Gasteiger partial charge is 0.486 e. The third kappa shape index (κ3) is 2.88. The summed E-state index contributed by atoms with van der Waals surface area (Å²) in [6.07, 6.45) is 3.15. The van der Waals surface area contributed by atoms with E-state index in [2.05, 4.69) is 5.32 Å². The second kappa shape index (κ2) is 6.13. The number of piperidine rings is 1. The maximum atomic E-state index is 11.4. The monoisotopic (exact) mass is 276 g/mol. The maximum absolute atomic E-state index is 11.4. The molecule has 1 N–H and O–H groups in total. The number of anilines is 1. The molecule has 5 heteroatoms. The number of ether oxygens (including phenoxy) is 2. The van der Waals surface area contributed by atoms with Gasteiger partial charge in [0.25, 0.3) is 0 Å². The summed E-state index contributed by atoms with van der Waals surface area (Å²) in [5.41, 5.74) is 0.878. The summed E-state index contributed by atoms with van der Waals surface area (Å²) >= 11 is 0. The van der Waals surface area contributed by atoms with E-state index in [1.807, 2.05) is 18.2 Å². The van der Waals surface area contributed by atoms with Gasteiger partial charge in [0, 0.05) is 18.3 Å². The van der Waals surface area contributed by atoms with Crippen molar-refractivity contribution in [1.82, 2.24) is 5.32 Å². The van der Waals surface area contributed by atoms with Crippen LogP contribution in [-0.4, -0.2) is 39.3 Å². The number of nitrogens with one attached hydrogen (secondary N) is 1. The first-order valence-corrected chi connectivity index (χ1v) is 7.19. The van der Waals surface area contributed by atoms with E-state index in [1.54, 1.807) is 4.90 Å². The Hall–Kier alpha value is -1.75. The molecule has 0 unspecified atom stereocenters. The summed E-state index contributed by atoms with van der Waals surface area (Å²) in [5, 5.41) is 3.34. The van der Waals surface area contributed by atoms with Gasteiger partial charge in [-0.25, -0.2) is 0 Å². The first-order valence-electron chi connectivity index (χ1n) is 7.19. The van der Waals surface area contributed by atoms with Crippen molar-refractivity contribution in [3.05, 3.63) is 18.2 Å².